The SMILES string of the molecule is CCCCCCCCCCCCCCCCCC(=O)[O-].CCCCCCCCCCCCCCCCCCCCCC(=O)[O-].[Ag+]. The Bertz CT molecular complexity index is 554. The summed E-state index contributed by atoms with van der Waals surface area (Å²) in [5.74, 6) is -1.80. The van der Waals surface area contributed by atoms with E-state index in [2.05, 4.69) is 13.8 Å². The Hall–Kier alpha value is -0.320. The molecule has 0 aliphatic carbocycles. The van der Waals surface area contributed by atoms with Gasteiger partial charge in [-0.3, -0.25) is 0 Å². The van der Waals surface area contributed by atoms with Gasteiger partial charge in [0.2, 0.25) is 0 Å². The molecule has 0 fully saturated rings. The van der Waals surface area contributed by atoms with E-state index in [0.29, 0.717) is 0 Å². The standard InChI is InChI=1S/C22H44O2.C18H36O2.Ag/c1-2-3-4-5-6-7-8-9-10-11-12-13-14-15-16-17-18-19-20-21-22(23)24;1-2-3-4-5-6-7-8-9-10-11-12-13-14-15-16-17-18(19)20;/h2-21H2,1H3,(H,23,24);2-17H2,1H3,(H,19,20);/q;;+1/p-2. The van der Waals surface area contributed by atoms with Crippen molar-refractivity contribution in [3.63, 3.8) is 0 Å². The summed E-state index contributed by atoms with van der Waals surface area (Å²) < 4.78 is 0. The van der Waals surface area contributed by atoms with E-state index in [1.807, 2.05) is 0 Å². The second kappa shape index (κ2) is 45.8. The van der Waals surface area contributed by atoms with E-state index < -0.39 is 11.9 Å². The van der Waals surface area contributed by atoms with Gasteiger partial charge in [0.1, 0.15) is 0 Å². The van der Waals surface area contributed by atoms with Gasteiger partial charge >= 0.3 is 22.4 Å². The molecule has 274 valence electrons. The van der Waals surface area contributed by atoms with E-state index in [-0.39, 0.29) is 35.2 Å². The van der Waals surface area contributed by atoms with E-state index in [1.54, 1.807) is 0 Å². The maximum atomic E-state index is 10.3. The van der Waals surface area contributed by atoms with Crippen molar-refractivity contribution in [2.24, 2.45) is 0 Å². The molecule has 0 saturated carbocycles. The Morgan fingerprint density at radius 3 is 0.556 bits per heavy atom. The van der Waals surface area contributed by atoms with Gasteiger partial charge < -0.3 is 19.8 Å². The zero-order valence-corrected chi connectivity index (χ0v) is 31.9. The number of unbranched alkanes of at least 4 members (excludes halogenated alkanes) is 32. The minimum atomic E-state index is -0.903. The zero-order valence-electron chi connectivity index (χ0n) is 30.4. The Balaban J connectivity index is -0.000000779. The van der Waals surface area contributed by atoms with Gasteiger partial charge in [0.15, 0.2) is 0 Å². The van der Waals surface area contributed by atoms with Crippen LogP contribution in [0.15, 0.2) is 0 Å². The van der Waals surface area contributed by atoms with Crippen molar-refractivity contribution >= 4 is 11.9 Å². The smallest absolute Gasteiger partial charge is 0.550 e. The molecule has 0 N–H and O–H groups in total. The van der Waals surface area contributed by atoms with Gasteiger partial charge in [-0.2, -0.15) is 0 Å². The van der Waals surface area contributed by atoms with Crippen molar-refractivity contribution in [3.8, 4) is 0 Å². The van der Waals surface area contributed by atoms with Crippen molar-refractivity contribution in [3.05, 3.63) is 0 Å². The van der Waals surface area contributed by atoms with Gasteiger partial charge in [-0.15, -0.1) is 0 Å². The molecule has 45 heavy (non-hydrogen) atoms. The fraction of sp³-hybridized carbons (Fsp3) is 0.950. The molecule has 0 aliphatic rings. The third-order valence-corrected chi connectivity index (χ3v) is 8.97. The second-order valence-corrected chi connectivity index (χ2v) is 13.6. The third kappa shape index (κ3) is 53.4. The summed E-state index contributed by atoms with van der Waals surface area (Å²) >= 11 is 0. The fourth-order valence-electron chi connectivity index (χ4n) is 5.99. The van der Waals surface area contributed by atoms with Crippen molar-refractivity contribution in [2.75, 3.05) is 0 Å². The van der Waals surface area contributed by atoms with Gasteiger partial charge in [0.05, 0.1) is 0 Å². The number of carbonyl (C=O) groups excluding carboxylic acids is 2. The average Bonchev–Trinajstić information content (AvgIpc) is 3.00. The molecule has 0 aliphatic heterocycles. The van der Waals surface area contributed by atoms with Crippen LogP contribution in [-0.4, -0.2) is 11.9 Å². The van der Waals surface area contributed by atoms with Crippen molar-refractivity contribution in [1.82, 2.24) is 0 Å². The fourth-order valence-corrected chi connectivity index (χ4v) is 5.99. The topological polar surface area (TPSA) is 80.3 Å². The van der Waals surface area contributed by atoms with Crippen LogP contribution < -0.4 is 10.2 Å². The summed E-state index contributed by atoms with van der Waals surface area (Å²) in [5, 5.41) is 20.5. The van der Waals surface area contributed by atoms with Crippen LogP contribution in [0.2, 0.25) is 0 Å². The Labute approximate surface area is 298 Å². The molecule has 0 radical (unpaired) electrons. The second-order valence-electron chi connectivity index (χ2n) is 13.6. The number of hydrogen-bond donors (Lipinski definition) is 0. The first-order valence-corrected chi connectivity index (χ1v) is 19.9. The number of aliphatic carboxylic acids is 2. The maximum Gasteiger partial charge on any atom is 1.00 e. The van der Waals surface area contributed by atoms with Crippen molar-refractivity contribution < 1.29 is 42.2 Å². The first-order valence-electron chi connectivity index (χ1n) is 19.9. The molecule has 0 bridgehead atoms. The number of rotatable bonds is 36. The Kier molecular flexibility index (Phi) is 49.9. The third-order valence-electron chi connectivity index (χ3n) is 8.97. The van der Waals surface area contributed by atoms with Crippen LogP contribution in [0.3, 0.4) is 0 Å². The number of carbonyl (C=O) groups is 2. The minimum absolute atomic E-state index is 0. The van der Waals surface area contributed by atoms with E-state index in [4.69, 9.17) is 0 Å². The average molecular weight is 731 g/mol. The molecule has 0 atom stereocenters. The molecule has 0 aromatic rings. The molecule has 0 amide bonds. The first kappa shape index (κ1) is 49.1. The Morgan fingerprint density at radius 1 is 0.289 bits per heavy atom. The molecule has 0 aromatic heterocycles. The minimum Gasteiger partial charge on any atom is -0.550 e. The van der Waals surface area contributed by atoms with Gasteiger partial charge in [-0.1, -0.05) is 219 Å². The molecular weight excluding hydrogens is 652 g/mol. The first-order chi connectivity index (χ1) is 21.5. The van der Waals surface area contributed by atoms with Gasteiger partial charge in [0.25, 0.3) is 0 Å². The van der Waals surface area contributed by atoms with E-state index >= 15 is 0 Å². The monoisotopic (exact) mass is 729 g/mol. The largest absolute Gasteiger partial charge is 1.00 e. The van der Waals surface area contributed by atoms with Crippen LogP contribution in [0.25, 0.3) is 0 Å². The summed E-state index contributed by atoms with van der Waals surface area (Å²) in [5.41, 5.74) is 0. The molecule has 0 heterocycles. The molecule has 4 nitrogen and oxygen atoms in total. The number of carboxylic acids is 2. The molecular formula is C40H78AgO4-. The molecule has 0 unspecified atom stereocenters. The predicted octanol–water partition coefficient (Wildman–Crippen LogP) is 11.6. The zero-order chi connectivity index (χ0) is 32.6. The molecule has 5 heteroatoms. The van der Waals surface area contributed by atoms with Crippen LogP contribution >= 0.6 is 0 Å². The van der Waals surface area contributed by atoms with Gasteiger partial charge in [-0.05, 0) is 25.7 Å². The quantitative estimate of drug-likeness (QED) is 0.0475. The van der Waals surface area contributed by atoms with Crippen LogP contribution in [-0.2, 0) is 32.0 Å². The van der Waals surface area contributed by atoms with Crippen LogP contribution in [0, 0.1) is 0 Å². The van der Waals surface area contributed by atoms with Crippen LogP contribution in [0.1, 0.15) is 245 Å². The molecule has 0 rings (SSSR count). The van der Waals surface area contributed by atoms with E-state index in [0.717, 1.165) is 25.7 Å². The normalized spacial score (nSPS) is 10.7. The summed E-state index contributed by atoms with van der Waals surface area (Å²) in [4.78, 5) is 20.5. The molecule has 0 saturated heterocycles. The predicted molar refractivity (Wildman–Crippen MR) is 188 cm³/mol. The Morgan fingerprint density at radius 2 is 0.422 bits per heavy atom. The van der Waals surface area contributed by atoms with Crippen molar-refractivity contribution in [1.29, 1.82) is 0 Å². The van der Waals surface area contributed by atoms with Gasteiger partial charge in [-0.25, -0.2) is 0 Å². The maximum absolute atomic E-state index is 10.3. The summed E-state index contributed by atoms with van der Waals surface area (Å²) in [7, 11) is 0. The summed E-state index contributed by atoms with van der Waals surface area (Å²) in [6, 6.07) is 0. The van der Waals surface area contributed by atoms with Crippen LogP contribution in [0.4, 0.5) is 0 Å². The van der Waals surface area contributed by atoms with E-state index in [9.17, 15) is 19.8 Å². The van der Waals surface area contributed by atoms with Crippen molar-refractivity contribution in [2.45, 2.75) is 245 Å². The van der Waals surface area contributed by atoms with Gasteiger partial charge in [0, 0.05) is 11.9 Å². The summed E-state index contributed by atoms with van der Waals surface area (Å²) in [6.07, 6.45) is 45.6. The molecule has 0 spiro atoms. The van der Waals surface area contributed by atoms with E-state index in [1.165, 1.54) is 193 Å². The summed E-state index contributed by atoms with van der Waals surface area (Å²) in [6.45, 7) is 4.55. The molecule has 0 aromatic carbocycles. The number of hydrogen-bond acceptors (Lipinski definition) is 4. The van der Waals surface area contributed by atoms with Crippen LogP contribution in [0.5, 0.6) is 0 Å². The number of carboxylic acid groups (broad SMARTS) is 2.